The number of halogens is 3. The molecule has 148 valence electrons. The lowest BCUT2D eigenvalue weighted by atomic mass is 10.2. The fourth-order valence-corrected chi connectivity index (χ4v) is 4.05. The molecule has 0 aliphatic rings. The van der Waals surface area contributed by atoms with Gasteiger partial charge in [-0.1, -0.05) is 18.2 Å². The summed E-state index contributed by atoms with van der Waals surface area (Å²) >= 11 is 2.71. The van der Waals surface area contributed by atoms with Crippen LogP contribution in [-0.2, 0) is 6.18 Å². The number of amides is 1. The molecular formula is C19H13F3N4OS2. The Labute approximate surface area is 171 Å². The number of hydrogen-bond acceptors (Lipinski definition) is 5. The first kappa shape index (κ1) is 19.5. The van der Waals surface area contributed by atoms with Gasteiger partial charge >= 0.3 is 6.18 Å². The monoisotopic (exact) mass is 434 g/mol. The van der Waals surface area contributed by atoms with Crippen molar-refractivity contribution >= 4 is 40.3 Å². The Bertz CT molecular complexity index is 1190. The number of rotatable bonds is 4. The molecule has 3 aromatic heterocycles. The molecule has 29 heavy (non-hydrogen) atoms. The van der Waals surface area contributed by atoms with Crippen LogP contribution in [0.4, 0.5) is 18.9 Å². The van der Waals surface area contributed by atoms with E-state index < -0.39 is 17.8 Å². The van der Waals surface area contributed by atoms with E-state index in [1.54, 1.807) is 29.6 Å². The number of nitrogens with zero attached hydrogens (tertiary/aromatic N) is 3. The molecule has 1 aromatic carbocycles. The van der Waals surface area contributed by atoms with Crippen LogP contribution in [0.15, 0.2) is 58.9 Å². The Balaban J connectivity index is 1.83. The minimum absolute atomic E-state index is 0.0372. The van der Waals surface area contributed by atoms with Crippen molar-refractivity contribution in [3.63, 3.8) is 0 Å². The van der Waals surface area contributed by atoms with E-state index in [0.717, 1.165) is 17.2 Å². The van der Waals surface area contributed by atoms with Crippen LogP contribution in [0.5, 0.6) is 0 Å². The molecule has 0 spiro atoms. The van der Waals surface area contributed by atoms with Crippen LogP contribution in [0.3, 0.4) is 0 Å². The van der Waals surface area contributed by atoms with E-state index in [0.29, 0.717) is 15.1 Å². The molecule has 0 fully saturated rings. The number of anilines is 1. The zero-order chi connectivity index (χ0) is 20.6. The second-order valence-electron chi connectivity index (χ2n) is 5.95. The van der Waals surface area contributed by atoms with E-state index in [-0.39, 0.29) is 16.9 Å². The number of alkyl halides is 3. The number of para-hydroxylation sites is 1. The minimum atomic E-state index is -4.65. The van der Waals surface area contributed by atoms with Crippen LogP contribution in [-0.4, -0.2) is 26.8 Å². The number of thioether (sulfide) groups is 1. The summed E-state index contributed by atoms with van der Waals surface area (Å²) in [6.45, 7) is 0. The molecule has 4 aromatic rings. The lowest BCUT2D eigenvalue weighted by molar-refractivity contribution is -0.142. The highest BCUT2D eigenvalue weighted by Gasteiger charge is 2.36. The highest BCUT2D eigenvalue weighted by molar-refractivity contribution is 7.98. The molecule has 0 radical (unpaired) electrons. The fourth-order valence-electron chi connectivity index (χ4n) is 2.81. The lowest BCUT2D eigenvalue weighted by Crippen LogP contribution is -2.16. The van der Waals surface area contributed by atoms with Gasteiger partial charge in [0.2, 0.25) is 0 Å². The summed E-state index contributed by atoms with van der Waals surface area (Å²) in [5, 5.41) is 8.27. The van der Waals surface area contributed by atoms with Crippen molar-refractivity contribution in [1.29, 1.82) is 0 Å². The molecule has 1 amide bonds. The average molecular weight is 434 g/mol. The van der Waals surface area contributed by atoms with Crippen molar-refractivity contribution in [3.05, 3.63) is 65.3 Å². The van der Waals surface area contributed by atoms with Crippen molar-refractivity contribution in [2.75, 3.05) is 11.6 Å². The summed E-state index contributed by atoms with van der Waals surface area (Å²) in [5.74, 6) is -0.578. The van der Waals surface area contributed by atoms with Gasteiger partial charge in [0.25, 0.3) is 5.91 Å². The molecule has 0 unspecified atom stereocenters. The van der Waals surface area contributed by atoms with Crippen molar-refractivity contribution in [3.8, 4) is 10.6 Å². The smallest absolute Gasteiger partial charge is 0.321 e. The van der Waals surface area contributed by atoms with Crippen LogP contribution >= 0.6 is 23.1 Å². The molecule has 0 saturated heterocycles. The Morgan fingerprint density at radius 1 is 1.21 bits per heavy atom. The predicted octanol–water partition coefficient (Wildman–Crippen LogP) is 5.45. The molecule has 0 atom stereocenters. The zero-order valence-corrected chi connectivity index (χ0v) is 16.5. The molecule has 5 nitrogen and oxygen atoms in total. The Hall–Kier alpha value is -2.85. The summed E-state index contributed by atoms with van der Waals surface area (Å²) < 4.78 is 41.5. The molecule has 0 bridgehead atoms. The highest BCUT2D eigenvalue weighted by Crippen LogP contribution is 2.34. The normalized spacial score (nSPS) is 11.7. The molecule has 10 heteroatoms. The number of fused-ring (bicyclic) bond motifs is 1. The second-order valence-corrected chi connectivity index (χ2v) is 7.75. The third kappa shape index (κ3) is 3.73. The number of carbonyl (C=O) groups excluding carboxylic acids is 1. The van der Waals surface area contributed by atoms with Gasteiger partial charge in [-0.25, -0.2) is 9.50 Å². The van der Waals surface area contributed by atoms with Gasteiger partial charge in [-0.05, 0) is 35.9 Å². The number of aromatic nitrogens is 3. The first-order chi connectivity index (χ1) is 13.9. The van der Waals surface area contributed by atoms with Gasteiger partial charge in [-0.2, -0.15) is 18.3 Å². The molecule has 1 N–H and O–H groups in total. The number of thiophene rings is 1. The summed E-state index contributed by atoms with van der Waals surface area (Å²) in [4.78, 5) is 18.5. The zero-order valence-electron chi connectivity index (χ0n) is 14.9. The highest BCUT2D eigenvalue weighted by atomic mass is 32.2. The third-order valence-electron chi connectivity index (χ3n) is 4.14. The maximum absolute atomic E-state index is 13.6. The standard InChI is InChI=1S/C19H13F3N4OS2/c1-28-14-6-3-2-5-12(14)25-18(27)11-10-23-26-16(19(20,21)22)9-13(24-17(11)26)15-7-4-8-29-15/h2-10H,1H3,(H,25,27). The SMILES string of the molecule is CSc1ccccc1NC(=O)c1cnn2c(C(F)(F)F)cc(-c3cccs3)nc12. The van der Waals surface area contributed by atoms with Crippen LogP contribution in [0.2, 0.25) is 0 Å². The van der Waals surface area contributed by atoms with Gasteiger partial charge in [0.1, 0.15) is 5.56 Å². The largest absolute Gasteiger partial charge is 0.433 e. The van der Waals surface area contributed by atoms with Crippen LogP contribution in [0, 0.1) is 0 Å². The van der Waals surface area contributed by atoms with Crippen molar-refractivity contribution in [1.82, 2.24) is 14.6 Å². The van der Waals surface area contributed by atoms with Crippen LogP contribution < -0.4 is 5.32 Å². The number of carbonyl (C=O) groups is 1. The summed E-state index contributed by atoms with van der Waals surface area (Å²) in [7, 11) is 0. The molecule has 0 aliphatic heterocycles. The minimum Gasteiger partial charge on any atom is -0.321 e. The van der Waals surface area contributed by atoms with Gasteiger partial charge in [0.15, 0.2) is 11.3 Å². The molecule has 3 heterocycles. The van der Waals surface area contributed by atoms with Crippen LogP contribution in [0.1, 0.15) is 16.1 Å². The van der Waals surface area contributed by atoms with Gasteiger partial charge in [-0.3, -0.25) is 4.79 Å². The van der Waals surface area contributed by atoms with Crippen molar-refractivity contribution < 1.29 is 18.0 Å². The lowest BCUT2D eigenvalue weighted by Gasteiger charge is -2.11. The van der Waals surface area contributed by atoms with E-state index in [4.69, 9.17) is 0 Å². The van der Waals surface area contributed by atoms with Gasteiger partial charge < -0.3 is 5.32 Å². The maximum atomic E-state index is 13.6. The van der Waals surface area contributed by atoms with E-state index in [1.165, 1.54) is 23.1 Å². The Morgan fingerprint density at radius 2 is 2.00 bits per heavy atom. The summed E-state index contributed by atoms with van der Waals surface area (Å²) in [6, 6.07) is 11.5. The number of benzene rings is 1. The number of hydrogen-bond donors (Lipinski definition) is 1. The summed E-state index contributed by atoms with van der Waals surface area (Å²) in [5.41, 5.74) is -0.477. The third-order valence-corrected chi connectivity index (χ3v) is 5.82. The first-order valence-corrected chi connectivity index (χ1v) is 10.4. The molecule has 4 rings (SSSR count). The molecule has 0 aliphatic carbocycles. The average Bonchev–Trinajstić information content (AvgIpc) is 3.36. The van der Waals surface area contributed by atoms with Gasteiger partial charge in [-0.15, -0.1) is 23.1 Å². The predicted molar refractivity (Wildman–Crippen MR) is 107 cm³/mol. The quantitative estimate of drug-likeness (QED) is 0.434. The summed E-state index contributed by atoms with van der Waals surface area (Å²) in [6.07, 6.45) is -1.68. The number of nitrogens with one attached hydrogen (secondary N) is 1. The molecule has 0 saturated carbocycles. The van der Waals surface area contributed by atoms with E-state index in [1.807, 2.05) is 18.4 Å². The van der Waals surface area contributed by atoms with Gasteiger partial charge in [0, 0.05) is 4.90 Å². The Morgan fingerprint density at radius 3 is 2.69 bits per heavy atom. The van der Waals surface area contributed by atoms with Crippen molar-refractivity contribution in [2.24, 2.45) is 0 Å². The first-order valence-electron chi connectivity index (χ1n) is 8.32. The van der Waals surface area contributed by atoms with E-state index in [2.05, 4.69) is 15.4 Å². The van der Waals surface area contributed by atoms with E-state index >= 15 is 0 Å². The van der Waals surface area contributed by atoms with E-state index in [9.17, 15) is 18.0 Å². The van der Waals surface area contributed by atoms with Gasteiger partial charge in [0.05, 0.1) is 22.5 Å². The molecular weight excluding hydrogens is 421 g/mol. The topological polar surface area (TPSA) is 59.3 Å². The Kier molecular flexibility index (Phi) is 5.05. The van der Waals surface area contributed by atoms with Crippen molar-refractivity contribution in [2.45, 2.75) is 11.1 Å². The maximum Gasteiger partial charge on any atom is 0.433 e. The fraction of sp³-hybridized carbons (Fsp3) is 0.105. The second kappa shape index (κ2) is 7.53. The van der Waals surface area contributed by atoms with Crippen LogP contribution in [0.25, 0.3) is 16.2 Å².